The van der Waals surface area contributed by atoms with Gasteiger partial charge in [0.15, 0.2) is 11.5 Å². The number of aliphatic carboxylic acids is 2. The summed E-state index contributed by atoms with van der Waals surface area (Å²) in [6.45, 7) is 5.87. The number of carbonyl (C=O) groups is 2. The van der Waals surface area contributed by atoms with Gasteiger partial charge in [-0.25, -0.2) is 4.79 Å². The highest BCUT2D eigenvalue weighted by Gasteiger charge is 2.23. The Kier molecular flexibility index (Phi) is 14.4. The number of ether oxygens (including phenoxy) is 3. The lowest BCUT2D eigenvalue weighted by atomic mass is 9.90. The third-order valence-corrected chi connectivity index (χ3v) is 7.44. The van der Waals surface area contributed by atoms with Crippen LogP contribution in [-0.4, -0.2) is 88.1 Å². The SMILES string of the molecule is CC(=O)O.CC(=O)O.COc1cc(C(Cc2ccc(C(=N)N)cc2)c2nn(-c3ccccc3OC)c(=O)[nH]2)ccc1OCCN1CCCC1. The van der Waals surface area contributed by atoms with Gasteiger partial charge in [-0.2, -0.15) is 4.68 Å². The lowest BCUT2D eigenvalue weighted by molar-refractivity contribution is -0.135. The molecule has 0 amide bonds. The van der Waals surface area contributed by atoms with Crippen molar-refractivity contribution in [1.82, 2.24) is 19.7 Å². The van der Waals surface area contributed by atoms with Crippen LogP contribution >= 0.6 is 0 Å². The number of hydrogen-bond acceptors (Lipinski definition) is 9. The molecule has 1 unspecified atom stereocenters. The second kappa shape index (κ2) is 18.6. The monoisotopic (exact) mass is 676 g/mol. The van der Waals surface area contributed by atoms with E-state index in [4.69, 9.17) is 50.3 Å². The number of amidine groups is 1. The van der Waals surface area contributed by atoms with Gasteiger partial charge in [0.1, 0.15) is 29.7 Å². The summed E-state index contributed by atoms with van der Waals surface area (Å²) in [7, 11) is 3.19. The van der Waals surface area contributed by atoms with E-state index < -0.39 is 11.9 Å². The van der Waals surface area contributed by atoms with Crippen molar-refractivity contribution in [1.29, 1.82) is 5.41 Å². The summed E-state index contributed by atoms with van der Waals surface area (Å²) in [5, 5.41) is 27.3. The highest BCUT2D eigenvalue weighted by Crippen LogP contribution is 2.34. The fraction of sp³-hybridized carbons (Fsp3) is 0.343. The van der Waals surface area contributed by atoms with Crippen LogP contribution in [0.2, 0.25) is 0 Å². The zero-order valence-electron chi connectivity index (χ0n) is 28.1. The molecule has 0 bridgehead atoms. The number of aromatic nitrogens is 3. The molecule has 49 heavy (non-hydrogen) atoms. The predicted molar refractivity (Wildman–Crippen MR) is 185 cm³/mol. The maximum atomic E-state index is 13.1. The van der Waals surface area contributed by atoms with Crippen molar-refractivity contribution >= 4 is 17.8 Å². The summed E-state index contributed by atoms with van der Waals surface area (Å²) in [6.07, 6.45) is 3.02. The number of likely N-dealkylation sites (tertiary alicyclic amines) is 1. The van der Waals surface area contributed by atoms with E-state index >= 15 is 0 Å². The first-order valence-electron chi connectivity index (χ1n) is 15.6. The van der Waals surface area contributed by atoms with E-state index in [-0.39, 0.29) is 17.4 Å². The minimum atomic E-state index is -0.833. The Morgan fingerprint density at radius 1 is 0.939 bits per heavy atom. The zero-order chi connectivity index (χ0) is 35.9. The lowest BCUT2D eigenvalue weighted by Gasteiger charge is -2.19. The minimum absolute atomic E-state index is 0.0121. The van der Waals surface area contributed by atoms with Crippen molar-refractivity contribution in [2.45, 2.75) is 39.0 Å². The van der Waals surface area contributed by atoms with Crippen LogP contribution in [0.15, 0.2) is 71.5 Å². The number of nitrogens with one attached hydrogen (secondary N) is 2. The van der Waals surface area contributed by atoms with E-state index in [1.165, 1.54) is 17.5 Å². The van der Waals surface area contributed by atoms with Crippen LogP contribution < -0.4 is 25.6 Å². The number of aromatic amines is 1. The molecule has 1 aliphatic rings. The average Bonchev–Trinajstić information content (AvgIpc) is 3.73. The quantitative estimate of drug-likeness (QED) is 0.107. The van der Waals surface area contributed by atoms with Gasteiger partial charge in [0.2, 0.25) is 0 Å². The minimum Gasteiger partial charge on any atom is -0.494 e. The molecule has 0 radical (unpaired) electrons. The third-order valence-electron chi connectivity index (χ3n) is 7.44. The number of carboxylic acids is 2. The third kappa shape index (κ3) is 11.5. The number of methoxy groups -OCH3 is 2. The van der Waals surface area contributed by atoms with Gasteiger partial charge in [-0.15, -0.1) is 5.10 Å². The second-order valence-corrected chi connectivity index (χ2v) is 11.1. The number of nitrogens with two attached hydrogens (primary N) is 1. The molecule has 5 rings (SSSR count). The van der Waals surface area contributed by atoms with Crippen LogP contribution in [0.1, 0.15) is 55.1 Å². The molecule has 0 spiro atoms. The fourth-order valence-electron chi connectivity index (χ4n) is 5.21. The van der Waals surface area contributed by atoms with Crippen LogP contribution in [0, 0.1) is 5.41 Å². The number of nitrogens with zero attached hydrogens (tertiary/aromatic N) is 3. The van der Waals surface area contributed by atoms with E-state index in [9.17, 15) is 4.79 Å². The van der Waals surface area contributed by atoms with E-state index in [0.717, 1.165) is 44.6 Å². The van der Waals surface area contributed by atoms with Gasteiger partial charge in [0.25, 0.3) is 11.9 Å². The Bertz CT molecular complexity index is 1730. The van der Waals surface area contributed by atoms with Crippen LogP contribution in [0.4, 0.5) is 0 Å². The molecule has 6 N–H and O–H groups in total. The summed E-state index contributed by atoms with van der Waals surface area (Å²) >= 11 is 0. The number of rotatable bonds is 12. The molecule has 0 aliphatic carbocycles. The molecule has 3 aromatic carbocycles. The Labute approximate surface area is 284 Å². The van der Waals surface area contributed by atoms with Gasteiger partial charge in [-0.1, -0.05) is 42.5 Å². The molecule has 1 aromatic heterocycles. The summed E-state index contributed by atoms with van der Waals surface area (Å²) in [4.78, 5) is 36.5. The number of carboxylic acid groups (broad SMARTS) is 2. The van der Waals surface area contributed by atoms with E-state index in [2.05, 4.69) is 9.88 Å². The average molecular weight is 677 g/mol. The number of hydrogen-bond donors (Lipinski definition) is 5. The molecule has 1 saturated heterocycles. The van der Waals surface area contributed by atoms with Crippen molar-refractivity contribution in [3.63, 3.8) is 0 Å². The summed E-state index contributed by atoms with van der Waals surface area (Å²) in [5.74, 6) is 0.371. The Balaban J connectivity index is 0.000000734. The number of H-pyrrole nitrogens is 1. The van der Waals surface area contributed by atoms with Gasteiger partial charge in [-0.05, 0) is 67.7 Å². The fourth-order valence-corrected chi connectivity index (χ4v) is 5.21. The molecular weight excluding hydrogens is 632 g/mol. The molecule has 262 valence electrons. The van der Waals surface area contributed by atoms with Crippen molar-refractivity contribution < 1.29 is 34.0 Å². The van der Waals surface area contributed by atoms with Crippen LogP contribution in [0.5, 0.6) is 17.2 Å². The van der Waals surface area contributed by atoms with Crippen molar-refractivity contribution in [2.75, 3.05) is 40.5 Å². The van der Waals surface area contributed by atoms with Crippen molar-refractivity contribution in [3.8, 4) is 22.9 Å². The van der Waals surface area contributed by atoms with Crippen molar-refractivity contribution in [3.05, 3.63) is 99.7 Å². The normalized spacial score (nSPS) is 12.8. The molecule has 2 heterocycles. The van der Waals surface area contributed by atoms with Gasteiger partial charge in [0, 0.05) is 31.9 Å². The number of nitrogen functional groups attached to an aromatic ring is 1. The highest BCUT2D eigenvalue weighted by atomic mass is 16.5. The summed E-state index contributed by atoms with van der Waals surface area (Å²) in [5.41, 5.74) is 8.39. The topological polar surface area (TPSA) is 206 Å². The van der Waals surface area contributed by atoms with E-state index in [0.29, 0.717) is 47.4 Å². The molecule has 1 aliphatic heterocycles. The Morgan fingerprint density at radius 3 is 2.14 bits per heavy atom. The smallest absolute Gasteiger partial charge is 0.348 e. The van der Waals surface area contributed by atoms with Gasteiger partial charge in [-0.3, -0.25) is 24.9 Å². The van der Waals surface area contributed by atoms with E-state index in [1.807, 2.05) is 54.6 Å². The Hall–Kier alpha value is -5.63. The zero-order valence-corrected chi connectivity index (χ0v) is 28.1. The standard InChI is InChI=1S/C31H36N6O4.2C2H4O2/c1-39-26-8-4-3-7-25(26)37-31(38)34-30(35-37)24(19-21-9-11-22(12-10-21)29(32)33)23-13-14-27(28(20-23)40-2)41-18-17-36-15-5-6-16-36;2*1-2(3)4/h3-4,7-14,20,24H,5-6,15-19H2,1-2H3,(H3,32,33)(H,34,35,38);2*1H3,(H,3,4). The number of benzene rings is 3. The summed E-state index contributed by atoms with van der Waals surface area (Å²) in [6, 6.07) is 20.6. The second-order valence-electron chi connectivity index (χ2n) is 11.1. The van der Waals surface area contributed by atoms with Gasteiger partial charge < -0.3 is 30.2 Å². The molecule has 1 fully saturated rings. The first-order valence-corrected chi connectivity index (χ1v) is 15.6. The Morgan fingerprint density at radius 2 is 1.55 bits per heavy atom. The molecule has 0 saturated carbocycles. The largest absolute Gasteiger partial charge is 0.494 e. The van der Waals surface area contributed by atoms with Gasteiger partial charge in [0.05, 0.1) is 14.2 Å². The lowest BCUT2D eigenvalue weighted by Crippen LogP contribution is -2.25. The van der Waals surface area contributed by atoms with Crippen LogP contribution in [0.3, 0.4) is 0 Å². The molecule has 14 nitrogen and oxygen atoms in total. The predicted octanol–water partition coefficient (Wildman–Crippen LogP) is 3.89. The van der Waals surface area contributed by atoms with E-state index in [1.54, 1.807) is 26.4 Å². The molecular formula is C35H44N6O8. The highest BCUT2D eigenvalue weighted by molar-refractivity contribution is 5.94. The number of para-hydroxylation sites is 2. The molecule has 14 heteroatoms. The molecule has 4 aromatic rings. The van der Waals surface area contributed by atoms with Gasteiger partial charge >= 0.3 is 5.69 Å². The maximum Gasteiger partial charge on any atom is 0.348 e. The summed E-state index contributed by atoms with van der Waals surface area (Å²) < 4.78 is 18.6. The molecule has 1 atom stereocenters. The first kappa shape index (κ1) is 37.8. The first-order chi connectivity index (χ1) is 23.4. The van der Waals surface area contributed by atoms with Crippen LogP contribution in [-0.2, 0) is 16.0 Å². The van der Waals surface area contributed by atoms with Crippen LogP contribution in [0.25, 0.3) is 5.69 Å². The van der Waals surface area contributed by atoms with Crippen molar-refractivity contribution in [2.24, 2.45) is 5.73 Å². The maximum absolute atomic E-state index is 13.1.